The number of carbonyl (C=O) groups is 1. The zero-order chi connectivity index (χ0) is 15.3. The summed E-state index contributed by atoms with van der Waals surface area (Å²) in [5.74, 6) is -1.78. The molecule has 1 unspecified atom stereocenters. The van der Waals surface area contributed by atoms with E-state index < -0.39 is 17.2 Å². The normalized spacial score (nSPS) is 14.2. The molecule has 1 atom stereocenters. The molecule has 2 N–H and O–H groups in total. The Kier molecular flexibility index (Phi) is 5.59. The number of halogens is 2. The third-order valence-corrected chi connectivity index (χ3v) is 2.93. The molecule has 112 valence electrons. The van der Waals surface area contributed by atoms with E-state index in [4.69, 9.17) is 0 Å². The molecule has 1 amide bonds. The van der Waals surface area contributed by atoms with Crippen molar-refractivity contribution in [2.45, 2.75) is 18.9 Å². The van der Waals surface area contributed by atoms with Crippen LogP contribution in [0.4, 0.5) is 8.78 Å². The molecule has 0 bridgehead atoms. The number of nitrogens with one attached hydrogen (secondary N) is 1. The van der Waals surface area contributed by atoms with Gasteiger partial charge in [0.2, 0.25) is 5.91 Å². The van der Waals surface area contributed by atoms with Crippen LogP contribution in [0.1, 0.15) is 18.9 Å². The molecule has 0 aliphatic rings. The monoisotopic (exact) mass is 286 g/mol. The fourth-order valence-electron chi connectivity index (χ4n) is 1.71. The summed E-state index contributed by atoms with van der Waals surface area (Å²) >= 11 is 0. The van der Waals surface area contributed by atoms with Crippen LogP contribution in [-0.4, -0.2) is 43.1 Å². The minimum absolute atomic E-state index is 0.0493. The van der Waals surface area contributed by atoms with Crippen LogP contribution < -0.4 is 5.32 Å². The summed E-state index contributed by atoms with van der Waals surface area (Å²) in [4.78, 5) is 13.4. The Morgan fingerprint density at radius 2 is 2.05 bits per heavy atom. The van der Waals surface area contributed by atoms with Gasteiger partial charge in [-0.1, -0.05) is 6.07 Å². The maximum Gasteiger partial charge on any atom is 0.221 e. The number of hydrogen-bond acceptors (Lipinski definition) is 3. The van der Waals surface area contributed by atoms with Crippen LogP contribution >= 0.6 is 0 Å². The quantitative estimate of drug-likeness (QED) is 0.827. The fourth-order valence-corrected chi connectivity index (χ4v) is 1.71. The molecule has 1 rings (SSSR count). The molecule has 0 fully saturated rings. The first-order valence-electron chi connectivity index (χ1n) is 6.32. The Morgan fingerprint density at radius 1 is 1.40 bits per heavy atom. The highest BCUT2D eigenvalue weighted by atomic mass is 19.1. The first kappa shape index (κ1) is 16.5. The van der Waals surface area contributed by atoms with Crippen molar-refractivity contribution in [1.29, 1.82) is 0 Å². The molecule has 6 heteroatoms. The Hall–Kier alpha value is -1.53. The van der Waals surface area contributed by atoms with E-state index in [-0.39, 0.29) is 24.4 Å². The highest BCUT2D eigenvalue weighted by Crippen LogP contribution is 2.23. The van der Waals surface area contributed by atoms with Crippen LogP contribution in [-0.2, 0) is 10.4 Å². The number of rotatable bonds is 6. The van der Waals surface area contributed by atoms with Gasteiger partial charge in [-0.2, -0.15) is 0 Å². The highest BCUT2D eigenvalue weighted by molar-refractivity contribution is 5.76. The van der Waals surface area contributed by atoms with E-state index in [1.807, 2.05) is 19.0 Å². The molecule has 0 spiro atoms. The van der Waals surface area contributed by atoms with Crippen LogP contribution in [0.2, 0.25) is 0 Å². The molecule has 0 saturated heterocycles. The molecule has 4 nitrogen and oxygen atoms in total. The van der Waals surface area contributed by atoms with Crippen molar-refractivity contribution in [2.24, 2.45) is 0 Å². The Labute approximate surface area is 117 Å². The van der Waals surface area contributed by atoms with Gasteiger partial charge < -0.3 is 15.3 Å². The lowest BCUT2D eigenvalue weighted by molar-refractivity contribution is -0.122. The maximum atomic E-state index is 13.6. The van der Waals surface area contributed by atoms with Gasteiger partial charge in [0.15, 0.2) is 0 Å². The third kappa shape index (κ3) is 4.86. The van der Waals surface area contributed by atoms with Crippen LogP contribution in [0.5, 0.6) is 0 Å². The summed E-state index contributed by atoms with van der Waals surface area (Å²) < 4.78 is 26.4. The zero-order valence-corrected chi connectivity index (χ0v) is 11.9. The molecule has 0 radical (unpaired) electrons. The third-order valence-electron chi connectivity index (χ3n) is 2.93. The van der Waals surface area contributed by atoms with Gasteiger partial charge in [0.25, 0.3) is 0 Å². The first-order valence-corrected chi connectivity index (χ1v) is 6.32. The van der Waals surface area contributed by atoms with Crippen molar-refractivity contribution < 1.29 is 18.7 Å². The van der Waals surface area contributed by atoms with Crippen LogP contribution in [0, 0.1) is 11.6 Å². The first-order chi connectivity index (χ1) is 9.22. The van der Waals surface area contributed by atoms with Gasteiger partial charge in [0, 0.05) is 24.6 Å². The van der Waals surface area contributed by atoms with Gasteiger partial charge in [0.1, 0.15) is 17.2 Å². The Morgan fingerprint density at radius 3 is 2.60 bits per heavy atom. The molecule has 0 aliphatic heterocycles. The van der Waals surface area contributed by atoms with Gasteiger partial charge in [-0.15, -0.1) is 0 Å². The standard InChI is InChI=1S/C14H20F2N2O2/c1-14(20,9-17-13(19)6-7-18(2)3)11-5-4-10(15)8-12(11)16/h4-5,8,20H,6-7,9H2,1-3H3,(H,17,19). The van der Waals surface area contributed by atoms with E-state index in [0.717, 1.165) is 6.07 Å². The predicted octanol–water partition coefficient (Wildman–Crippen LogP) is 1.24. The van der Waals surface area contributed by atoms with Crippen molar-refractivity contribution >= 4 is 5.91 Å². The van der Waals surface area contributed by atoms with Gasteiger partial charge in [-0.3, -0.25) is 4.79 Å². The second kappa shape index (κ2) is 6.76. The average Bonchev–Trinajstić information content (AvgIpc) is 2.33. The van der Waals surface area contributed by atoms with E-state index in [2.05, 4.69) is 5.32 Å². The molecule has 1 aromatic carbocycles. The number of amides is 1. The minimum atomic E-state index is -1.59. The van der Waals surface area contributed by atoms with Crippen molar-refractivity contribution in [3.05, 3.63) is 35.4 Å². The van der Waals surface area contributed by atoms with Crippen molar-refractivity contribution in [3.63, 3.8) is 0 Å². The Balaban J connectivity index is 2.63. The van der Waals surface area contributed by atoms with Gasteiger partial charge in [-0.05, 0) is 27.1 Å². The number of benzene rings is 1. The van der Waals surface area contributed by atoms with Crippen LogP contribution in [0.15, 0.2) is 18.2 Å². The van der Waals surface area contributed by atoms with Crippen molar-refractivity contribution in [2.75, 3.05) is 27.2 Å². The largest absolute Gasteiger partial charge is 0.383 e. The second-order valence-corrected chi connectivity index (χ2v) is 5.23. The minimum Gasteiger partial charge on any atom is -0.383 e. The summed E-state index contributed by atoms with van der Waals surface area (Å²) in [6.45, 7) is 1.82. The Bertz CT molecular complexity index is 476. The van der Waals surface area contributed by atoms with Crippen LogP contribution in [0.25, 0.3) is 0 Å². The number of aliphatic hydroxyl groups is 1. The van der Waals surface area contributed by atoms with E-state index >= 15 is 0 Å². The summed E-state index contributed by atoms with van der Waals surface area (Å²) in [6.07, 6.45) is 0.287. The fraction of sp³-hybridized carbons (Fsp3) is 0.500. The SMILES string of the molecule is CN(C)CCC(=O)NCC(C)(O)c1ccc(F)cc1F. The highest BCUT2D eigenvalue weighted by Gasteiger charge is 2.27. The maximum absolute atomic E-state index is 13.6. The molecule has 0 heterocycles. The second-order valence-electron chi connectivity index (χ2n) is 5.23. The molecule has 0 aromatic heterocycles. The van der Waals surface area contributed by atoms with Crippen molar-refractivity contribution in [3.8, 4) is 0 Å². The predicted molar refractivity (Wildman–Crippen MR) is 72.1 cm³/mol. The zero-order valence-electron chi connectivity index (χ0n) is 11.9. The summed E-state index contributed by atoms with van der Waals surface area (Å²) in [5.41, 5.74) is -1.64. The number of hydrogen-bond donors (Lipinski definition) is 2. The van der Waals surface area contributed by atoms with Gasteiger partial charge in [0.05, 0.1) is 6.54 Å². The molecule has 0 saturated carbocycles. The molecule has 0 aliphatic carbocycles. The summed E-state index contributed by atoms with van der Waals surface area (Å²) in [5, 5.41) is 12.7. The van der Waals surface area contributed by atoms with Gasteiger partial charge >= 0.3 is 0 Å². The van der Waals surface area contributed by atoms with Crippen LogP contribution in [0.3, 0.4) is 0 Å². The molecule has 20 heavy (non-hydrogen) atoms. The lowest BCUT2D eigenvalue weighted by Crippen LogP contribution is -2.40. The van der Waals surface area contributed by atoms with Gasteiger partial charge in [-0.25, -0.2) is 8.78 Å². The molecular formula is C14H20F2N2O2. The smallest absolute Gasteiger partial charge is 0.221 e. The van der Waals surface area contributed by atoms with Crippen molar-refractivity contribution in [1.82, 2.24) is 10.2 Å². The lowest BCUT2D eigenvalue weighted by Gasteiger charge is -2.25. The van der Waals surface area contributed by atoms with E-state index in [9.17, 15) is 18.7 Å². The summed E-state index contributed by atoms with van der Waals surface area (Å²) in [7, 11) is 3.69. The van der Waals surface area contributed by atoms with E-state index in [0.29, 0.717) is 12.6 Å². The summed E-state index contributed by atoms with van der Waals surface area (Å²) in [6, 6.07) is 2.95. The molecule has 1 aromatic rings. The van der Waals surface area contributed by atoms with E-state index in [1.165, 1.54) is 13.0 Å². The van der Waals surface area contributed by atoms with E-state index in [1.54, 1.807) is 0 Å². The molecular weight excluding hydrogens is 266 g/mol. The topological polar surface area (TPSA) is 52.6 Å². The average molecular weight is 286 g/mol. The number of nitrogens with zero attached hydrogens (tertiary/aromatic N) is 1. The number of carbonyl (C=O) groups excluding carboxylic acids is 1. The lowest BCUT2D eigenvalue weighted by atomic mass is 9.95.